The summed E-state index contributed by atoms with van der Waals surface area (Å²) in [7, 11) is 0. The summed E-state index contributed by atoms with van der Waals surface area (Å²) < 4.78 is 5.91. The lowest BCUT2D eigenvalue weighted by molar-refractivity contribution is 0.481. The Hall–Kier alpha value is -2.74. The Labute approximate surface area is 117 Å². The third-order valence-electron chi connectivity index (χ3n) is 3.46. The molecule has 0 fully saturated rings. The van der Waals surface area contributed by atoms with Gasteiger partial charge in [-0.05, 0) is 35.4 Å². The first kappa shape index (κ1) is 11.1. The molecule has 3 aromatic rings. The topological polar surface area (TPSA) is 21.3 Å². The molecular weight excluding hydrogens is 246 g/mol. The van der Waals surface area contributed by atoms with Gasteiger partial charge in [-0.25, -0.2) is 0 Å². The van der Waals surface area contributed by atoms with Gasteiger partial charge >= 0.3 is 0 Å². The van der Waals surface area contributed by atoms with E-state index in [2.05, 4.69) is 29.6 Å². The van der Waals surface area contributed by atoms with Crippen molar-refractivity contribution in [1.82, 2.24) is 0 Å². The van der Waals surface area contributed by atoms with Crippen LogP contribution in [0.15, 0.2) is 72.8 Å². The molecule has 1 N–H and O–H groups in total. The van der Waals surface area contributed by atoms with Crippen LogP contribution < -0.4 is 10.1 Å². The van der Waals surface area contributed by atoms with Crippen molar-refractivity contribution in [2.24, 2.45) is 0 Å². The smallest absolute Gasteiger partial charge is 0.151 e. The van der Waals surface area contributed by atoms with E-state index in [1.807, 2.05) is 48.5 Å². The quantitative estimate of drug-likeness (QED) is 0.507. The lowest BCUT2D eigenvalue weighted by atomic mass is 10.0. The minimum absolute atomic E-state index is 0.864. The van der Waals surface area contributed by atoms with Crippen molar-refractivity contribution in [3.05, 3.63) is 72.8 Å². The molecule has 0 bridgehead atoms. The number of nitrogens with one attached hydrogen (secondary N) is 1. The van der Waals surface area contributed by atoms with E-state index in [0.29, 0.717) is 0 Å². The summed E-state index contributed by atoms with van der Waals surface area (Å²) >= 11 is 0. The molecule has 2 nitrogen and oxygen atoms in total. The predicted octanol–water partition coefficient (Wildman–Crippen LogP) is 5.20. The van der Waals surface area contributed by atoms with Gasteiger partial charge in [0.1, 0.15) is 0 Å². The van der Waals surface area contributed by atoms with Gasteiger partial charge in [0.05, 0.1) is 11.4 Å². The minimum atomic E-state index is 0.864. The third kappa shape index (κ3) is 1.82. The molecule has 0 unspecified atom stereocenters. The van der Waals surface area contributed by atoms with Crippen LogP contribution in [-0.4, -0.2) is 0 Å². The Kier molecular flexibility index (Phi) is 2.46. The molecule has 1 aliphatic heterocycles. The van der Waals surface area contributed by atoms with E-state index in [9.17, 15) is 0 Å². The second-order valence-corrected chi connectivity index (χ2v) is 4.80. The van der Waals surface area contributed by atoms with Gasteiger partial charge in [-0.2, -0.15) is 0 Å². The largest absolute Gasteiger partial charge is 0.453 e. The van der Waals surface area contributed by atoms with E-state index < -0.39 is 0 Å². The summed E-state index contributed by atoms with van der Waals surface area (Å²) in [6, 6.07) is 24.5. The predicted molar refractivity (Wildman–Crippen MR) is 81.7 cm³/mol. The molecule has 0 amide bonds. The Morgan fingerprint density at radius 3 is 2.25 bits per heavy atom. The Morgan fingerprint density at radius 2 is 1.35 bits per heavy atom. The van der Waals surface area contributed by atoms with Crippen LogP contribution in [0.25, 0.3) is 11.1 Å². The third-order valence-corrected chi connectivity index (χ3v) is 3.46. The molecule has 0 aromatic heterocycles. The Morgan fingerprint density at radius 1 is 0.600 bits per heavy atom. The zero-order valence-corrected chi connectivity index (χ0v) is 10.8. The number of ether oxygens (including phenoxy) is 1. The van der Waals surface area contributed by atoms with E-state index in [-0.39, 0.29) is 0 Å². The van der Waals surface area contributed by atoms with Crippen molar-refractivity contribution in [2.75, 3.05) is 5.32 Å². The molecule has 96 valence electrons. The molecular formula is C18H13NO. The SMILES string of the molecule is c1ccc(-c2ccc3c(c2)Nc2ccccc2O3)cc1. The van der Waals surface area contributed by atoms with Crippen molar-refractivity contribution in [3.8, 4) is 22.6 Å². The number of anilines is 2. The number of fused-ring (bicyclic) bond motifs is 2. The van der Waals surface area contributed by atoms with Crippen LogP contribution in [-0.2, 0) is 0 Å². The summed E-state index contributed by atoms with van der Waals surface area (Å²) in [5.74, 6) is 1.73. The van der Waals surface area contributed by atoms with E-state index in [0.717, 1.165) is 22.9 Å². The first-order valence-corrected chi connectivity index (χ1v) is 6.63. The van der Waals surface area contributed by atoms with E-state index in [1.54, 1.807) is 0 Å². The summed E-state index contributed by atoms with van der Waals surface area (Å²) in [4.78, 5) is 0. The van der Waals surface area contributed by atoms with E-state index >= 15 is 0 Å². The van der Waals surface area contributed by atoms with Crippen molar-refractivity contribution in [3.63, 3.8) is 0 Å². The van der Waals surface area contributed by atoms with Crippen LogP contribution in [0.3, 0.4) is 0 Å². The van der Waals surface area contributed by atoms with Gasteiger partial charge in [-0.3, -0.25) is 0 Å². The highest BCUT2D eigenvalue weighted by atomic mass is 16.5. The zero-order chi connectivity index (χ0) is 13.4. The maximum absolute atomic E-state index is 5.91. The summed E-state index contributed by atoms with van der Waals surface area (Å²) in [6.07, 6.45) is 0. The number of hydrogen-bond donors (Lipinski definition) is 1. The van der Waals surface area contributed by atoms with Gasteiger partial charge in [0, 0.05) is 0 Å². The number of para-hydroxylation sites is 2. The van der Waals surface area contributed by atoms with Gasteiger partial charge in [0.2, 0.25) is 0 Å². The van der Waals surface area contributed by atoms with Crippen molar-refractivity contribution in [2.45, 2.75) is 0 Å². The molecule has 0 radical (unpaired) electrons. The lowest BCUT2D eigenvalue weighted by Gasteiger charge is -2.22. The van der Waals surface area contributed by atoms with Gasteiger partial charge in [-0.1, -0.05) is 48.5 Å². The number of benzene rings is 3. The lowest BCUT2D eigenvalue weighted by Crippen LogP contribution is -2.02. The van der Waals surface area contributed by atoms with Gasteiger partial charge in [-0.15, -0.1) is 0 Å². The molecule has 0 aliphatic carbocycles. The second-order valence-electron chi connectivity index (χ2n) is 4.80. The molecule has 1 aliphatic rings. The molecule has 3 aromatic carbocycles. The summed E-state index contributed by atoms with van der Waals surface area (Å²) in [5.41, 5.74) is 4.39. The zero-order valence-electron chi connectivity index (χ0n) is 10.8. The van der Waals surface area contributed by atoms with Crippen LogP contribution in [0.5, 0.6) is 11.5 Å². The maximum atomic E-state index is 5.91. The minimum Gasteiger partial charge on any atom is -0.453 e. The molecule has 0 atom stereocenters. The van der Waals surface area contributed by atoms with Crippen LogP contribution in [0.1, 0.15) is 0 Å². The Balaban J connectivity index is 1.77. The van der Waals surface area contributed by atoms with Gasteiger partial charge < -0.3 is 10.1 Å². The first-order chi connectivity index (χ1) is 9.90. The summed E-state index contributed by atoms with van der Waals surface area (Å²) in [5, 5.41) is 3.43. The first-order valence-electron chi connectivity index (χ1n) is 6.63. The highest BCUT2D eigenvalue weighted by Gasteiger charge is 2.16. The Bertz CT molecular complexity index is 765. The fourth-order valence-electron chi connectivity index (χ4n) is 2.45. The normalized spacial score (nSPS) is 11.8. The standard InChI is InChI=1S/C18H13NO/c1-2-6-13(7-3-1)14-10-11-18-16(12-14)19-15-8-4-5-9-17(15)20-18/h1-12,19H. The fourth-order valence-corrected chi connectivity index (χ4v) is 2.45. The van der Waals surface area contributed by atoms with Crippen LogP contribution in [0.2, 0.25) is 0 Å². The van der Waals surface area contributed by atoms with Gasteiger partial charge in [0.15, 0.2) is 11.5 Å². The fraction of sp³-hybridized carbons (Fsp3) is 0. The van der Waals surface area contributed by atoms with Crippen LogP contribution >= 0.6 is 0 Å². The van der Waals surface area contributed by atoms with Crippen molar-refractivity contribution >= 4 is 11.4 Å². The highest BCUT2D eigenvalue weighted by molar-refractivity contribution is 5.80. The molecule has 0 saturated carbocycles. The highest BCUT2D eigenvalue weighted by Crippen LogP contribution is 2.43. The summed E-state index contributed by atoms with van der Waals surface area (Å²) in [6.45, 7) is 0. The van der Waals surface area contributed by atoms with E-state index in [1.165, 1.54) is 11.1 Å². The average molecular weight is 259 g/mol. The van der Waals surface area contributed by atoms with Crippen molar-refractivity contribution < 1.29 is 4.74 Å². The molecule has 20 heavy (non-hydrogen) atoms. The molecule has 4 rings (SSSR count). The molecule has 2 heteroatoms. The number of hydrogen-bond acceptors (Lipinski definition) is 2. The molecule has 0 spiro atoms. The number of rotatable bonds is 1. The van der Waals surface area contributed by atoms with E-state index in [4.69, 9.17) is 4.74 Å². The van der Waals surface area contributed by atoms with Crippen LogP contribution in [0, 0.1) is 0 Å². The molecule has 1 heterocycles. The average Bonchev–Trinajstić information content (AvgIpc) is 2.53. The second kappa shape index (κ2) is 4.42. The molecule has 0 saturated heterocycles. The monoisotopic (exact) mass is 259 g/mol. The van der Waals surface area contributed by atoms with Gasteiger partial charge in [0.25, 0.3) is 0 Å². The maximum Gasteiger partial charge on any atom is 0.151 e. The van der Waals surface area contributed by atoms with Crippen molar-refractivity contribution in [1.29, 1.82) is 0 Å². The van der Waals surface area contributed by atoms with Crippen LogP contribution in [0.4, 0.5) is 11.4 Å².